The average molecular weight is 317 g/mol. The summed E-state index contributed by atoms with van der Waals surface area (Å²) in [4.78, 5) is 13.5. The smallest absolute Gasteiger partial charge is 0.227 e. The van der Waals surface area contributed by atoms with Gasteiger partial charge < -0.3 is 9.30 Å². The molecule has 0 N–H and O–H groups in total. The van der Waals surface area contributed by atoms with E-state index in [9.17, 15) is 4.79 Å². The quantitative estimate of drug-likeness (QED) is 0.698. The first-order valence-corrected chi connectivity index (χ1v) is 8.32. The Morgan fingerprint density at radius 2 is 1.71 bits per heavy atom. The lowest BCUT2D eigenvalue weighted by Gasteiger charge is -2.32. The molecule has 1 aliphatic heterocycles. The molecule has 0 radical (unpaired) electrons. The molecule has 0 saturated heterocycles. The predicted molar refractivity (Wildman–Crippen MR) is 93.8 cm³/mol. The van der Waals surface area contributed by atoms with Crippen LogP contribution in [0.3, 0.4) is 0 Å². The van der Waals surface area contributed by atoms with E-state index < -0.39 is 5.60 Å². The minimum absolute atomic E-state index is 0.0109. The predicted octanol–water partition coefficient (Wildman–Crippen LogP) is 4.75. The molecule has 0 aliphatic carbocycles. The van der Waals surface area contributed by atoms with Crippen molar-refractivity contribution in [2.24, 2.45) is 0 Å². The Hall–Kier alpha value is -2.81. The van der Waals surface area contributed by atoms with Crippen LogP contribution in [0.1, 0.15) is 35.8 Å². The fraction of sp³-hybridized carbons (Fsp3) is 0.190. The fourth-order valence-corrected chi connectivity index (χ4v) is 3.52. The number of fused-ring (bicyclic) bond motifs is 3. The zero-order valence-corrected chi connectivity index (χ0v) is 13.6. The van der Waals surface area contributed by atoms with Crippen LogP contribution in [0.15, 0.2) is 72.9 Å². The van der Waals surface area contributed by atoms with Gasteiger partial charge in [-0.05, 0) is 30.7 Å². The van der Waals surface area contributed by atoms with E-state index in [2.05, 4.69) is 6.92 Å². The Kier molecular flexibility index (Phi) is 3.49. The normalized spacial score (nSPS) is 19.1. The van der Waals surface area contributed by atoms with Gasteiger partial charge in [0.2, 0.25) is 5.78 Å². The molecule has 120 valence electrons. The fourth-order valence-electron chi connectivity index (χ4n) is 3.52. The highest BCUT2D eigenvalue weighted by Crippen LogP contribution is 2.41. The highest BCUT2D eigenvalue weighted by atomic mass is 16.5. The Labute approximate surface area is 141 Å². The summed E-state index contributed by atoms with van der Waals surface area (Å²) >= 11 is 0. The van der Waals surface area contributed by atoms with Gasteiger partial charge in [0.25, 0.3) is 0 Å². The molecule has 0 fully saturated rings. The van der Waals surface area contributed by atoms with Crippen LogP contribution < -0.4 is 4.74 Å². The molecule has 2 aromatic carbocycles. The van der Waals surface area contributed by atoms with Gasteiger partial charge in [-0.25, -0.2) is 0 Å². The summed E-state index contributed by atoms with van der Waals surface area (Å²) in [6.07, 6.45) is 3.40. The van der Waals surface area contributed by atoms with Crippen LogP contribution in [-0.2, 0) is 5.60 Å². The average Bonchev–Trinajstić information content (AvgIpc) is 3.08. The van der Waals surface area contributed by atoms with Crippen LogP contribution in [0.2, 0.25) is 0 Å². The number of Topliss-reactive ketones (excluding diaryl/α,β-unsaturated/α-hetero) is 1. The molecule has 0 amide bonds. The second kappa shape index (κ2) is 5.68. The number of hydrogen-bond acceptors (Lipinski definition) is 2. The summed E-state index contributed by atoms with van der Waals surface area (Å²) in [6.45, 7) is 2.08. The van der Waals surface area contributed by atoms with Crippen LogP contribution in [-0.4, -0.2) is 10.4 Å². The first-order chi connectivity index (χ1) is 11.8. The van der Waals surface area contributed by atoms with Gasteiger partial charge in [-0.1, -0.05) is 55.8 Å². The number of carbonyl (C=O) groups is 1. The Morgan fingerprint density at radius 3 is 2.50 bits per heavy atom. The molecule has 3 nitrogen and oxygen atoms in total. The van der Waals surface area contributed by atoms with E-state index in [1.807, 2.05) is 77.5 Å². The third kappa shape index (κ3) is 2.08. The summed E-state index contributed by atoms with van der Waals surface area (Å²) in [6, 6.07) is 21.5. The van der Waals surface area contributed by atoms with Crippen molar-refractivity contribution >= 4 is 5.78 Å². The lowest BCUT2D eigenvalue weighted by molar-refractivity contribution is 0.0398. The maximum Gasteiger partial charge on any atom is 0.227 e. The maximum atomic E-state index is 13.5. The van der Waals surface area contributed by atoms with Crippen molar-refractivity contribution in [1.82, 2.24) is 4.57 Å². The van der Waals surface area contributed by atoms with Gasteiger partial charge in [0, 0.05) is 11.8 Å². The minimum atomic E-state index is -0.987. The Balaban J connectivity index is 2.01. The number of rotatable bonds is 3. The first-order valence-electron chi connectivity index (χ1n) is 8.32. The molecule has 0 saturated carbocycles. The molecule has 2 heterocycles. The molecule has 4 rings (SSSR count). The molecule has 0 bridgehead atoms. The van der Waals surface area contributed by atoms with E-state index >= 15 is 0 Å². The van der Waals surface area contributed by atoms with Gasteiger partial charge in [-0.15, -0.1) is 0 Å². The van der Waals surface area contributed by atoms with Crippen LogP contribution in [0, 0.1) is 0 Å². The molecule has 24 heavy (non-hydrogen) atoms. The number of nitrogens with zero attached hydrogens (tertiary/aromatic N) is 1. The van der Waals surface area contributed by atoms with Crippen LogP contribution in [0.25, 0.3) is 5.69 Å². The Morgan fingerprint density at radius 1 is 0.958 bits per heavy atom. The molecule has 3 heteroatoms. The van der Waals surface area contributed by atoms with E-state index in [1.165, 1.54) is 0 Å². The highest BCUT2D eigenvalue weighted by Gasteiger charge is 2.45. The summed E-state index contributed by atoms with van der Waals surface area (Å²) in [5.41, 5.74) is 1.48. The van der Waals surface area contributed by atoms with E-state index in [0.717, 1.165) is 23.4 Å². The van der Waals surface area contributed by atoms with Crippen molar-refractivity contribution in [2.75, 3.05) is 0 Å². The van der Waals surface area contributed by atoms with E-state index in [1.54, 1.807) is 0 Å². The topological polar surface area (TPSA) is 31.2 Å². The number of benzene rings is 2. The molecule has 0 spiro atoms. The van der Waals surface area contributed by atoms with Gasteiger partial charge in [0.15, 0.2) is 5.60 Å². The van der Waals surface area contributed by atoms with Crippen molar-refractivity contribution in [1.29, 1.82) is 0 Å². The largest absolute Gasteiger partial charge is 0.472 e. The van der Waals surface area contributed by atoms with E-state index in [0.29, 0.717) is 12.1 Å². The van der Waals surface area contributed by atoms with E-state index in [-0.39, 0.29) is 5.78 Å². The molecular weight excluding hydrogens is 298 g/mol. The van der Waals surface area contributed by atoms with Gasteiger partial charge in [0.05, 0.1) is 11.4 Å². The lowest BCUT2D eigenvalue weighted by atomic mass is 9.83. The minimum Gasteiger partial charge on any atom is -0.472 e. The lowest BCUT2D eigenvalue weighted by Crippen LogP contribution is -2.41. The summed E-state index contributed by atoms with van der Waals surface area (Å²) in [5, 5.41) is 0. The van der Waals surface area contributed by atoms with Gasteiger partial charge >= 0.3 is 0 Å². The van der Waals surface area contributed by atoms with Crippen molar-refractivity contribution < 1.29 is 9.53 Å². The third-order valence-electron chi connectivity index (χ3n) is 4.60. The number of ether oxygens (including phenoxy) is 1. The monoisotopic (exact) mass is 317 g/mol. The van der Waals surface area contributed by atoms with Gasteiger partial charge in [0.1, 0.15) is 5.75 Å². The van der Waals surface area contributed by atoms with Crippen LogP contribution in [0.4, 0.5) is 0 Å². The number of hydrogen-bond donors (Lipinski definition) is 0. The van der Waals surface area contributed by atoms with Crippen LogP contribution in [0.5, 0.6) is 5.75 Å². The maximum absolute atomic E-state index is 13.5. The molecule has 0 unspecified atom stereocenters. The van der Waals surface area contributed by atoms with Crippen molar-refractivity contribution in [3.05, 3.63) is 84.2 Å². The van der Waals surface area contributed by atoms with Gasteiger partial charge in [-0.2, -0.15) is 0 Å². The molecule has 1 atom stereocenters. The summed E-state index contributed by atoms with van der Waals surface area (Å²) in [7, 11) is 0. The first kappa shape index (κ1) is 14.8. The zero-order valence-electron chi connectivity index (χ0n) is 13.6. The second-order valence-electron chi connectivity index (χ2n) is 6.11. The highest BCUT2D eigenvalue weighted by molar-refractivity contribution is 6.03. The second-order valence-corrected chi connectivity index (χ2v) is 6.11. The molecule has 1 aromatic heterocycles. The molecular formula is C21H19NO2. The summed E-state index contributed by atoms with van der Waals surface area (Å²) in [5.74, 6) is 0.745. The van der Waals surface area contributed by atoms with Crippen molar-refractivity contribution in [3.8, 4) is 11.4 Å². The third-order valence-corrected chi connectivity index (χ3v) is 4.60. The van der Waals surface area contributed by atoms with E-state index in [4.69, 9.17) is 4.74 Å². The molecule has 1 aliphatic rings. The standard InChI is InChI=1S/C21H19NO2/c1-2-14-21(16-9-4-3-5-10-16)20(23)18-12-8-15-22(18)17-11-6-7-13-19(17)24-21/h3-13,15H,2,14H2,1H3/t21-/m0/s1. The SMILES string of the molecule is CCC[C@@]1(c2ccccc2)Oc2ccccc2-n2cccc2C1=O. The zero-order chi connectivity index (χ0) is 16.6. The summed E-state index contributed by atoms with van der Waals surface area (Å²) < 4.78 is 8.38. The van der Waals surface area contributed by atoms with Crippen molar-refractivity contribution in [2.45, 2.75) is 25.4 Å². The van der Waals surface area contributed by atoms with Gasteiger partial charge in [-0.3, -0.25) is 4.79 Å². The number of aromatic nitrogens is 1. The number of carbonyl (C=O) groups excluding carboxylic acids is 1. The van der Waals surface area contributed by atoms with Crippen LogP contribution >= 0.6 is 0 Å². The number of ketones is 1. The number of para-hydroxylation sites is 2. The molecule has 3 aromatic rings. The Bertz CT molecular complexity index is 882. The van der Waals surface area contributed by atoms with Crippen molar-refractivity contribution in [3.63, 3.8) is 0 Å².